The van der Waals surface area contributed by atoms with E-state index in [1.54, 1.807) is 26.1 Å². The van der Waals surface area contributed by atoms with E-state index in [0.717, 1.165) is 11.3 Å². The molecule has 0 saturated heterocycles. The highest BCUT2D eigenvalue weighted by Crippen LogP contribution is 2.32. The molecule has 0 spiro atoms. The van der Waals surface area contributed by atoms with Crippen LogP contribution >= 0.6 is 0 Å². The number of nitrogens with zero attached hydrogens (tertiary/aromatic N) is 5. The van der Waals surface area contributed by atoms with Crippen LogP contribution in [-0.2, 0) is 20.1 Å². The zero-order chi connectivity index (χ0) is 20.2. The van der Waals surface area contributed by atoms with Gasteiger partial charge in [0, 0.05) is 25.8 Å². The fraction of sp³-hybridized carbons (Fsp3) is 0.350. The van der Waals surface area contributed by atoms with Crippen molar-refractivity contribution in [2.45, 2.75) is 26.9 Å². The maximum atomic E-state index is 13.4. The molecule has 0 aliphatic carbocycles. The van der Waals surface area contributed by atoms with Crippen LogP contribution in [-0.4, -0.2) is 25.2 Å². The SMILES string of the molecule is C=C(C)Cn1c(=O)c2c(nc3n2CC(C)CN3c2ccc(F)cc2)n(C)c1=O. The van der Waals surface area contributed by atoms with Crippen LogP contribution in [0.25, 0.3) is 11.2 Å². The van der Waals surface area contributed by atoms with Gasteiger partial charge < -0.3 is 9.47 Å². The van der Waals surface area contributed by atoms with Gasteiger partial charge in [0.15, 0.2) is 11.2 Å². The van der Waals surface area contributed by atoms with E-state index < -0.39 is 5.69 Å². The van der Waals surface area contributed by atoms with Gasteiger partial charge in [-0.1, -0.05) is 19.1 Å². The van der Waals surface area contributed by atoms with Crippen LogP contribution in [0.1, 0.15) is 13.8 Å². The zero-order valence-corrected chi connectivity index (χ0v) is 16.1. The highest BCUT2D eigenvalue weighted by molar-refractivity contribution is 5.77. The average Bonchev–Trinajstić information content (AvgIpc) is 3.03. The first-order chi connectivity index (χ1) is 13.3. The fourth-order valence-corrected chi connectivity index (χ4v) is 3.75. The van der Waals surface area contributed by atoms with Gasteiger partial charge in [0.05, 0.1) is 6.54 Å². The van der Waals surface area contributed by atoms with Crippen molar-refractivity contribution in [2.75, 3.05) is 11.4 Å². The van der Waals surface area contributed by atoms with E-state index in [2.05, 4.69) is 18.5 Å². The Labute approximate surface area is 161 Å². The van der Waals surface area contributed by atoms with Crippen molar-refractivity contribution in [3.8, 4) is 0 Å². The van der Waals surface area contributed by atoms with Crippen molar-refractivity contribution in [1.29, 1.82) is 0 Å². The van der Waals surface area contributed by atoms with Gasteiger partial charge in [0.1, 0.15) is 5.82 Å². The molecule has 7 nitrogen and oxygen atoms in total. The number of imidazole rings is 1. The molecule has 0 saturated carbocycles. The highest BCUT2D eigenvalue weighted by atomic mass is 19.1. The van der Waals surface area contributed by atoms with E-state index in [1.807, 2.05) is 9.47 Å². The Morgan fingerprint density at radius 1 is 1.25 bits per heavy atom. The van der Waals surface area contributed by atoms with E-state index in [4.69, 9.17) is 0 Å². The Hall–Kier alpha value is -3.16. The van der Waals surface area contributed by atoms with Gasteiger partial charge >= 0.3 is 5.69 Å². The number of fused-ring (bicyclic) bond motifs is 3. The smallest absolute Gasteiger partial charge is 0.312 e. The Bertz CT molecular complexity index is 1200. The summed E-state index contributed by atoms with van der Waals surface area (Å²) in [5, 5.41) is 0. The maximum absolute atomic E-state index is 13.4. The third-order valence-electron chi connectivity index (χ3n) is 5.01. The lowest BCUT2D eigenvalue weighted by atomic mass is 10.1. The molecule has 1 aliphatic rings. The minimum Gasteiger partial charge on any atom is -0.312 e. The number of halogens is 1. The van der Waals surface area contributed by atoms with Gasteiger partial charge in [-0.05, 0) is 37.1 Å². The van der Waals surface area contributed by atoms with Crippen LogP contribution < -0.4 is 16.1 Å². The number of hydrogen-bond donors (Lipinski definition) is 0. The molecule has 2 aromatic heterocycles. The van der Waals surface area contributed by atoms with Crippen LogP contribution in [0.3, 0.4) is 0 Å². The summed E-state index contributed by atoms with van der Waals surface area (Å²) in [4.78, 5) is 32.4. The molecular formula is C20H22FN5O2. The van der Waals surface area contributed by atoms with Crippen molar-refractivity contribution >= 4 is 22.8 Å². The van der Waals surface area contributed by atoms with Gasteiger partial charge in [-0.15, -0.1) is 0 Å². The van der Waals surface area contributed by atoms with Crippen molar-refractivity contribution in [3.63, 3.8) is 0 Å². The lowest BCUT2D eigenvalue weighted by molar-refractivity contribution is 0.457. The highest BCUT2D eigenvalue weighted by Gasteiger charge is 2.29. The summed E-state index contributed by atoms with van der Waals surface area (Å²) in [6.07, 6.45) is 0. The van der Waals surface area contributed by atoms with Crippen molar-refractivity contribution < 1.29 is 4.39 Å². The summed E-state index contributed by atoms with van der Waals surface area (Å²) in [6, 6.07) is 6.18. The van der Waals surface area contributed by atoms with Crippen LogP contribution in [0.2, 0.25) is 0 Å². The van der Waals surface area contributed by atoms with Crippen LogP contribution in [0.15, 0.2) is 46.0 Å². The summed E-state index contributed by atoms with van der Waals surface area (Å²) in [7, 11) is 1.61. The Kier molecular flexibility index (Phi) is 4.21. The van der Waals surface area contributed by atoms with Gasteiger partial charge in [-0.2, -0.15) is 4.98 Å². The lowest BCUT2D eigenvalue weighted by Gasteiger charge is -2.32. The summed E-state index contributed by atoms with van der Waals surface area (Å²) in [6.45, 7) is 9.14. The van der Waals surface area contributed by atoms with E-state index in [9.17, 15) is 14.0 Å². The van der Waals surface area contributed by atoms with Gasteiger partial charge in [-0.25, -0.2) is 9.18 Å². The summed E-state index contributed by atoms with van der Waals surface area (Å²) >= 11 is 0. The molecule has 0 fully saturated rings. The van der Waals surface area contributed by atoms with Crippen molar-refractivity contribution in [1.82, 2.24) is 18.7 Å². The number of benzene rings is 1. The first-order valence-electron chi connectivity index (χ1n) is 9.15. The molecule has 1 unspecified atom stereocenters. The van der Waals surface area contributed by atoms with E-state index in [-0.39, 0.29) is 23.8 Å². The second kappa shape index (κ2) is 6.47. The van der Waals surface area contributed by atoms with Crippen LogP contribution in [0.5, 0.6) is 0 Å². The topological polar surface area (TPSA) is 65.1 Å². The fourth-order valence-electron chi connectivity index (χ4n) is 3.75. The molecule has 3 aromatic rings. The van der Waals surface area contributed by atoms with Gasteiger partial charge in [0.25, 0.3) is 5.56 Å². The Morgan fingerprint density at radius 3 is 2.57 bits per heavy atom. The molecule has 0 radical (unpaired) electrons. The predicted molar refractivity (Wildman–Crippen MR) is 107 cm³/mol. The first kappa shape index (κ1) is 18.2. The normalized spacial score (nSPS) is 16.4. The molecule has 1 atom stereocenters. The number of aryl methyl sites for hydroxylation is 1. The molecule has 0 amide bonds. The summed E-state index contributed by atoms with van der Waals surface area (Å²) in [5.74, 6) is 0.508. The van der Waals surface area contributed by atoms with E-state index in [1.165, 1.54) is 21.3 Å². The molecular weight excluding hydrogens is 361 g/mol. The summed E-state index contributed by atoms with van der Waals surface area (Å²) < 4.78 is 17.8. The molecule has 4 rings (SSSR count). The molecule has 1 aromatic carbocycles. The number of rotatable bonds is 3. The maximum Gasteiger partial charge on any atom is 0.332 e. The third-order valence-corrected chi connectivity index (χ3v) is 5.01. The second-order valence-corrected chi connectivity index (χ2v) is 7.58. The molecule has 0 N–H and O–H groups in total. The van der Waals surface area contributed by atoms with Gasteiger partial charge in [-0.3, -0.25) is 13.9 Å². The third kappa shape index (κ3) is 2.76. The minimum absolute atomic E-state index is 0.166. The van der Waals surface area contributed by atoms with E-state index >= 15 is 0 Å². The number of anilines is 2. The predicted octanol–water partition coefficient (Wildman–Crippen LogP) is 2.40. The Morgan fingerprint density at radius 2 is 1.93 bits per heavy atom. The minimum atomic E-state index is -0.419. The molecule has 8 heteroatoms. The molecule has 1 aliphatic heterocycles. The number of allylic oxidation sites excluding steroid dienone is 1. The van der Waals surface area contributed by atoms with Gasteiger partial charge in [0.2, 0.25) is 5.95 Å². The first-order valence-corrected chi connectivity index (χ1v) is 9.15. The molecule has 28 heavy (non-hydrogen) atoms. The molecule has 146 valence electrons. The standard InChI is InChI=1S/C20H22FN5O2/c1-12(2)9-26-18(27)16-17(23(4)20(26)28)22-19-24(10-13(3)11-25(16)19)15-7-5-14(21)6-8-15/h5-8,13H,1,9-11H2,2-4H3. The van der Waals surface area contributed by atoms with Crippen LogP contribution in [0.4, 0.5) is 16.0 Å². The average molecular weight is 383 g/mol. The van der Waals surface area contributed by atoms with Crippen molar-refractivity contribution in [3.05, 3.63) is 63.1 Å². The number of hydrogen-bond acceptors (Lipinski definition) is 4. The monoisotopic (exact) mass is 383 g/mol. The second-order valence-electron chi connectivity index (χ2n) is 7.58. The van der Waals surface area contributed by atoms with Crippen LogP contribution in [0, 0.1) is 11.7 Å². The lowest BCUT2D eigenvalue weighted by Crippen LogP contribution is -2.40. The van der Waals surface area contributed by atoms with E-state index in [0.29, 0.717) is 30.2 Å². The summed E-state index contributed by atoms with van der Waals surface area (Å²) in [5.41, 5.74) is 1.47. The quantitative estimate of drug-likeness (QED) is 0.652. The molecule has 0 bridgehead atoms. The number of aromatic nitrogens is 4. The molecule has 3 heterocycles. The largest absolute Gasteiger partial charge is 0.332 e. The Balaban J connectivity index is 2.00. The van der Waals surface area contributed by atoms with Crippen molar-refractivity contribution in [2.24, 2.45) is 13.0 Å². The zero-order valence-electron chi connectivity index (χ0n) is 16.1.